The SMILES string of the molecule is COC(=O)c1ccc(F)c(NCc2cccc(OC)n2)c1. The molecule has 1 heterocycles. The van der Waals surface area contributed by atoms with Crippen LogP contribution < -0.4 is 10.1 Å². The summed E-state index contributed by atoms with van der Waals surface area (Å²) in [6.45, 7) is 0.304. The number of nitrogens with one attached hydrogen (secondary N) is 1. The maximum absolute atomic E-state index is 13.7. The summed E-state index contributed by atoms with van der Waals surface area (Å²) in [6.07, 6.45) is 0. The molecule has 2 rings (SSSR count). The van der Waals surface area contributed by atoms with Gasteiger partial charge in [-0.15, -0.1) is 0 Å². The first-order chi connectivity index (χ1) is 10.1. The summed E-state index contributed by atoms with van der Waals surface area (Å²) < 4.78 is 23.4. The number of methoxy groups -OCH3 is 2. The Morgan fingerprint density at radius 3 is 2.81 bits per heavy atom. The van der Waals surface area contributed by atoms with Crippen molar-refractivity contribution >= 4 is 11.7 Å². The largest absolute Gasteiger partial charge is 0.481 e. The molecule has 21 heavy (non-hydrogen) atoms. The van der Waals surface area contributed by atoms with Gasteiger partial charge in [0, 0.05) is 6.07 Å². The Morgan fingerprint density at radius 1 is 1.29 bits per heavy atom. The number of anilines is 1. The van der Waals surface area contributed by atoms with Crippen LogP contribution in [0.2, 0.25) is 0 Å². The van der Waals surface area contributed by atoms with Crippen molar-refractivity contribution < 1.29 is 18.7 Å². The highest BCUT2D eigenvalue weighted by Gasteiger charge is 2.10. The van der Waals surface area contributed by atoms with Crippen molar-refractivity contribution in [2.75, 3.05) is 19.5 Å². The number of rotatable bonds is 5. The third kappa shape index (κ3) is 3.68. The molecule has 0 atom stereocenters. The number of esters is 1. The number of carbonyl (C=O) groups excluding carboxylic acids is 1. The molecule has 2 aromatic rings. The second-order valence-corrected chi connectivity index (χ2v) is 4.21. The number of ether oxygens (including phenoxy) is 2. The summed E-state index contributed by atoms with van der Waals surface area (Å²) >= 11 is 0. The average Bonchev–Trinajstić information content (AvgIpc) is 2.53. The van der Waals surface area contributed by atoms with Crippen LogP contribution in [-0.2, 0) is 11.3 Å². The van der Waals surface area contributed by atoms with Crippen molar-refractivity contribution in [2.45, 2.75) is 6.54 Å². The van der Waals surface area contributed by atoms with Gasteiger partial charge in [0.2, 0.25) is 5.88 Å². The Hall–Kier alpha value is -2.63. The van der Waals surface area contributed by atoms with Gasteiger partial charge >= 0.3 is 5.97 Å². The van der Waals surface area contributed by atoms with E-state index in [1.807, 2.05) is 0 Å². The lowest BCUT2D eigenvalue weighted by Crippen LogP contribution is -2.07. The smallest absolute Gasteiger partial charge is 0.337 e. The normalized spacial score (nSPS) is 10.0. The van der Waals surface area contributed by atoms with Crippen LogP contribution >= 0.6 is 0 Å². The molecule has 1 N–H and O–H groups in total. The fourth-order valence-electron chi connectivity index (χ4n) is 1.76. The van der Waals surface area contributed by atoms with Gasteiger partial charge in [-0.2, -0.15) is 0 Å². The third-order valence-corrected chi connectivity index (χ3v) is 2.84. The summed E-state index contributed by atoms with van der Waals surface area (Å²) in [4.78, 5) is 15.6. The van der Waals surface area contributed by atoms with E-state index in [1.165, 1.54) is 32.4 Å². The maximum atomic E-state index is 13.7. The summed E-state index contributed by atoms with van der Waals surface area (Å²) in [5, 5.41) is 2.90. The number of nitrogens with zero attached hydrogens (tertiary/aromatic N) is 1. The summed E-state index contributed by atoms with van der Waals surface area (Å²) in [6, 6.07) is 9.30. The molecule has 0 aliphatic carbocycles. The van der Waals surface area contributed by atoms with Gasteiger partial charge in [-0.1, -0.05) is 6.07 Å². The monoisotopic (exact) mass is 290 g/mol. The van der Waals surface area contributed by atoms with E-state index in [4.69, 9.17) is 4.74 Å². The molecular formula is C15H15FN2O3. The zero-order chi connectivity index (χ0) is 15.2. The molecule has 0 saturated carbocycles. The van der Waals surface area contributed by atoms with E-state index in [0.29, 0.717) is 18.1 Å². The van der Waals surface area contributed by atoms with Gasteiger partial charge in [0.25, 0.3) is 0 Å². The molecule has 0 bridgehead atoms. The van der Waals surface area contributed by atoms with Crippen LogP contribution in [0.4, 0.5) is 10.1 Å². The molecular weight excluding hydrogens is 275 g/mol. The molecule has 0 spiro atoms. The number of aromatic nitrogens is 1. The van der Waals surface area contributed by atoms with Crippen LogP contribution in [-0.4, -0.2) is 25.2 Å². The van der Waals surface area contributed by atoms with Gasteiger partial charge in [-0.05, 0) is 24.3 Å². The van der Waals surface area contributed by atoms with Crippen LogP contribution in [0.25, 0.3) is 0 Å². The molecule has 0 fully saturated rings. The number of benzene rings is 1. The molecule has 1 aromatic heterocycles. The lowest BCUT2D eigenvalue weighted by molar-refractivity contribution is 0.0600. The first-order valence-corrected chi connectivity index (χ1v) is 6.25. The van der Waals surface area contributed by atoms with Crippen LogP contribution in [0.15, 0.2) is 36.4 Å². The Labute approximate surface area is 121 Å². The van der Waals surface area contributed by atoms with Crippen molar-refractivity contribution in [3.05, 3.63) is 53.5 Å². The zero-order valence-corrected chi connectivity index (χ0v) is 11.7. The highest BCUT2D eigenvalue weighted by Crippen LogP contribution is 2.18. The fraction of sp³-hybridized carbons (Fsp3) is 0.200. The van der Waals surface area contributed by atoms with E-state index >= 15 is 0 Å². The van der Waals surface area contributed by atoms with E-state index in [-0.39, 0.29) is 11.3 Å². The zero-order valence-electron chi connectivity index (χ0n) is 11.7. The number of halogens is 1. The standard InChI is InChI=1S/C15H15FN2O3/c1-20-14-5-3-4-11(18-14)9-17-13-8-10(15(19)21-2)6-7-12(13)16/h3-8,17H,9H2,1-2H3. The number of pyridine rings is 1. The highest BCUT2D eigenvalue weighted by atomic mass is 19.1. The maximum Gasteiger partial charge on any atom is 0.337 e. The van der Waals surface area contributed by atoms with Crippen molar-refractivity contribution in [2.24, 2.45) is 0 Å². The summed E-state index contributed by atoms with van der Waals surface area (Å²) in [5.74, 6) is -0.485. The van der Waals surface area contributed by atoms with Crippen LogP contribution in [0, 0.1) is 5.82 Å². The van der Waals surface area contributed by atoms with E-state index in [0.717, 1.165) is 0 Å². The molecule has 0 unspecified atom stereocenters. The second-order valence-electron chi connectivity index (χ2n) is 4.21. The van der Waals surface area contributed by atoms with E-state index < -0.39 is 11.8 Å². The van der Waals surface area contributed by atoms with E-state index in [2.05, 4.69) is 15.0 Å². The van der Waals surface area contributed by atoms with Gasteiger partial charge < -0.3 is 14.8 Å². The minimum atomic E-state index is -0.516. The minimum absolute atomic E-state index is 0.211. The number of hydrogen-bond donors (Lipinski definition) is 1. The Kier molecular flexibility index (Phi) is 4.71. The summed E-state index contributed by atoms with van der Waals surface area (Å²) in [5.41, 5.74) is 1.18. The quantitative estimate of drug-likeness (QED) is 0.858. The third-order valence-electron chi connectivity index (χ3n) is 2.84. The molecule has 0 aliphatic rings. The molecule has 5 nitrogen and oxygen atoms in total. The van der Waals surface area contributed by atoms with Gasteiger partial charge in [-0.3, -0.25) is 0 Å². The Bertz CT molecular complexity index is 647. The Morgan fingerprint density at radius 2 is 2.10 bits per heavy atom. The molecule has 110 valence electrons. The van der Waals surface area contributed by atoms with Crippen LogP contribution in [0.3, 0.4) is 0 Å². The predicted molar refractivity (Wildman–Crippen MR) is 75.9 cm³/mol. The fourth-order valence-corrected chi connectivity index (χ4v) is 1.76. The molecule has 0 radical (unpaired) electrons. The number of hydrogen-bond acceptors (Lipinski definition) is 5. The van der Waals surface area contributed by atoms with Crippen molar-refractivity contribution in [3.8, 4) is 5.88 Å². The lowest BCUT2D eigenvalue weighted by atomic mass is 10.2. The second kappa shape index (κ2) is 6.69. The molecule has 0 saturated heterocycles. The summed E-state index contributed by atoms with van der Waals surface area (Å²) in [7, 11) is 2.80. The van der Waals surface area contributed by atoms with Gasteiger partial charge in [0.1, 0.15) is 5.82 Å². The molecule has 0 aliphatic heterocycles. The lowest BCUT2D eigenvalue weighted by Gasteiger charge is -2.09. The highest BCUT2D eigenvalue weighted by molar-refractivity contribution is 5.90. The predicted octanol–water partition coefficient (Wildman–Crippen LogP) is 2.63. The van der Waals surface area contributed by atoms with Crippen LogP contribution in [0.1, 0.15) is 16.1 Å². The van der Waals surface area contributed by atoms with Gasteiger partial charge in [0.05, 0.1) is 37.7 Å². The minimum Gasteiger partial charge on any atom is -0.481 e. The van der Waals surface area contributed by atoms with Gasteiger partial charge in [0.15, 0.2) is 0 Å². The van der Waals surface area contributed by atoms with E-state index in [1.54, 1.807) is 18.2 Å². The Balaban J connectivity index is 2.13. The molecule has 0 amide bonds. The van der Waals surface area contributed by atoms with Crippen molar-refractivity contribution in [3.63, 3.8) is 0 Å². The van der Waals surface area contributed by atoms with Crippen LogP contribution in [0.5, 0.6) is 5.88 Å². The van der Waals surface area contributed by atoms with Crippen molar-refractivity contribution in [1.82, 2.24) is 4.98 Å². The number of carbonyl (C=O) groups is 1. The first kappa shape index (κ1) is 14.8. The van der Waals surface area contributed by atoms with Gasteiger partial charge in [-0.25, -0.2) is 14.2 Å². The topological polar surface area (TPSA) is 60.5 Å². The molecule has 1 aromatic carbocycles. The van der Waals surface area contributed by atoms with Crippen molar-refractivity contribution in [1.29, 1.82) is 0 Å². The average molecular weight is 290 g/mol. The van der Waals surface area contributed by atoms with E-state index in [9.17, 15) is 9.18 Å². The first-order valence-electron chi connectivity index (χ1n) is 6.25. The molecule has 6 heteroatoms.